The molecular formula is C17H18N4OS. The van der Waals surface area contributed by atoms with Crippen molar-refractivity contribution >= 4 is 22.9 Å². The number of fused-ring (bicyclic) bond motifs is 1. The van der Waals surface area contributed by atoms with Crippen molar-refractivity contribution in [1.29, 1.82) is 0 Å². The number of imidazole rings is 1. The normalized spacial score (nSPS) is 18.5. The zero-order chi connectivity index (χ0) is 15.8. The molecule has 3 aromatic rings. The van der Waals surface area contributed by atoms with Gasteiger partial charge in [-0.2, -0.15) is 0 Å². The standard InChI is InChI=1S/C17H18N4OS/c1-12-11-23-16(18-12)14-6-2-5-9-21(14)17(22)13-10-20-8-4-3-7-15(20)19-13/h3-4,7-8,10-11,14H,2,5-6,9H2,1H3. The second-order valence-corrected chi connectivity index (χ2v) is 6.82. The molecule has 0 aromatic carbocycles. The summed E-state index contributed by atoms with van der Waals surface area (Å²) in [4.78, 5) is 24.0. The molecule has 0 saturated carbocycles. The van der Waals surface area contributed by atoms with Gasteiger partial charge in [-0.3, -0.25) is 4.79 Å². The second-order valence-electron chi connectivity index (χ2n) is 5.93. The zero-order valence-corrected chi connectivity index (χ0v) is 13.8. The van der Waals surface area contributed by atoms with Gasteiger partial charge in [-0.1, -0.05) is 6.07 Å². The van der Waals surface area contributed by atoms with Crippen LogP contribution in [0.4, 0.5) is 0 Å². The fourth-order valence-corrected chi connectivity index (χ4v) is 4.08. The fraction of sp³-hybridized carbons (Fsp3) is 0.353. The van der Waals surface area contributed by atoms with E-state index < -0.39 is 0 Å². The van der Waals surface area contributed by atoms with Gasteiger partial charge in [0.15, 0.2) is 0 Å². The van der Waals surface area contributed by atoms with Gasteiger partial charge in [0.1, 0.15) is 16.3 Å². The van der Waals surface area contributed by atoms with E-state index in [9.17, 15) is 4.79 Å². The lowest BCUT2D eigenvalue weighted by Crippen LogP contribution is -2.38. The summed E-state index contributed by atoms with van der Waals surface area (Å²) in [5.74, 6) is 0.00579. The minimum absolute atomic E-state index is 0.00579. The molecule has 1 fully saturated rings. The average molecular weight is 326 g/mol. The Balaban J connectivity index is 1.67. The van der Waals surface area contributed by atoms with Gasteiger partial charge in [-0.15, -0.1) is 11.3 Å². The third-order valence-corrected chi connectivity index (χ3v) is 5.33. The van der Waals surface area contributed by atoms with Gasteiger partial charge in [0.2, 0.25) is 0 Å². The monoisotopic (exact) mass is 326 g/mol. The highest BCUT2D eigenvalue weighted by molar-refractivity contribution is 7.09. The van der Waals surface area contributed by atoms with E-state index in [0.29, 0.717) is 5.69 Å². The predicted octanol–water partition coefficient (Wildman–Crippen LogP) is 3.47. The smallest absolute Gasteiger partial charge is 0.274 e. The van der Waals surface area contributed by atoms with Gasteiger partial charge in [-0.25, -0.2) is 9.97 Å². The summed E-state index contributed by atoms with van der Waals surface area (Å²) in [5.41, 5.74) is 2.33. The number of rotatable bonds is 2. The van der Waals surface area contributed by atoms with Crippen molar-refractivity contribution in [2.45, 2.75) is 32.2 Å². The molecule has 1 saturated heterocycles. The summed E-state index contributed by atoms with van der Waals surface area (Å²) >= 11 is 1.65. The van der Waals surface area contributed by atoms with Gasteiger partial charge in [0.05, 0.1) is 6.04 Å². The lowest BCUT2D eigenvalue weighted by atomic mass is 10.0. The number of carbonyl (C=O) groups excluding carboxylic acids is 1. The van der Waals surface area contributed by atoms with Gasteiger partial charge < -0.3 is 9.30 Å². The molecule has 1 amide bonds. The molecule has 1 aliphatic rings. The van der Waals surface area contributed by atoms with Crippen molar-refractivity contribution in [3.63, 3.8) is 0 Å². The number of hydrogen-bond donors (Lipinski definition) is 0. The summed E-state index contributed by atoms with van der Waals surface area (Å²) < 4.78 is 1.89. The molecule has 1 atom stereocenters. The quantitative estimate of drug-likeness (QED) is 0.724. The predicted molar refractivity (Wildman–Crippen MR) is 89.7 cm³/mol. The Bertz CT molecular complexity index is 820. The Hall–Kier alpha value is -2.21. The van der Waals surface area contributed by atoms with Crippen LogP contribution in [-0.4, -0.2) is 31.7 Å². The topological polar surface area (TPSA) is 50.5 Å². The Morgan fingerprint density at radius 1 is 1.30 bits per heavy atom. The summed E-state index contributed by atoms with van der Waals surface area (Å²) in [6.07, 6.45) is 6.89. The number of aryl methyl sites for hydroxylation is 1. The number of likely N-dealkylation sites (tertiary alicyclic amines) is 1. The number of thiazole rings is 1. The second kappa shape index (κ2) is 5.77. The third-order valence-electron chi connectivity index (χ3n) is 4.27. The molecule has 0 N–H and O–H groups in total. The van der Waals surface area contributed by atoms with E-state index in [1.165, 1.54) is 0 Å². The Morgan fingerprint density at radius 3 is 3.00 bits per heavy atom. The average Bonchev–Trinajstić information content (AvgIpc) is 3.20. The number of piperidine rings is 1. The van der Waals surface area contributed by atoms with Crippen LogP contribution in [0.5, 0.6) is 0 Å². The summed E-state index contributed by atoms with van der Waals surface area (Å²) in [6.45, 7) is 2.77. The van der Waals surface area contributed by atoms with Crippen molar-refractivity contribution in [3.8, 4) is 0 Å². The molecule has 1 aliphatic heterocycles. The summed E-state index contributed by atoms with van der Waals surface area (Å²) in [6, 6.07) is 5.86. The zero-order valence-electron chi connectivity index (χ0n) is 13.0. The first kappa shape index (κ1) is 14.4. The van der Waals surface area contributed by atoms with E-state index in [0.717, 1.165) is 42.2 Å². The molecular weight excluding hydrogens is 308 g/mol. The number of pyridine rings is 1. The molecule has 23 heavy (non-hydrogen) atoms. The molecule has 0 radical (unpaired) electrons. The van der Waals surface area contributed by atoms with Crippen LogP contribution < -0.4 is 0 Å². The van der Waals surface area contributed by atoms with E-state index in [4.69, 9.17) is 0 Å². The van der Waals surface area contributed by atoms with Crippen molar-refractivity contribution in [1.82, 2.24) is 19.3 Å². The van der Waals surface area contributed by atoms with E-state index in [1.54, 1.807) is 11.3 Å². The molecule has 4 rings (SSSR count). The maximum atomic E-state index is 13.0. The third kappa shape index (κ3) is 2.63. The summed E-state index contributed by atoms with van der Waals surface area (Å²) in [5, 5.41) is 3.09. The van der Waals surface area contributed by atoms with Crippen LogP contribution in [0.15, 0.2) is 36.0 Å². The van der Waals surface area contributed by atoms with Crippen LogP contribution in [0.1, 0.15) is 46.5 Å². The highest BCUT2D eigenvalue weighted by Gasteiger charge is 2.31. The molecule has 5 nitrogen and oxygen atoms in total. The first-order chi connectivity index (χ1) is 11.2. The molecule has 0 aliphatic carbocycles. The Kier molecular flexibility index (Phi) is 3.61. The highest BCUT2D eigenvalue weighted by atomic mass is 32.1. The minimum atomic E-state index is 0.00579. The first-order valence-electron chi connectivity index (χ1n) is 7.89. The number of aromatic nitrogens is 3. The van der Waals surface area contributed by atoms with Gasteiger partial charge in [0, 0.05) is 30.0 Å². The van der Waals surface area contributed by atoms with Crippen LogP contribution in [0.2, 0.25) is 0 Å². The highest BCUT2D eigenvalue weighted by Crippen LogP contribution is 2.33. The van der Waals surface area contributed by atoms with Crippen LogP contribution >= 0.6 is 11.3 Å². The SMILES string of the molecule is Cc1csc(C2CCCCN2C(=O)c2cn3ccccc3n2)n1. The molecule has 0 spiro atoms. The molecule has 6 heteroatoms. The fourth-order valence-electron chi connectivity index (χ4n) is 3.14. The Labute approximate surface area is 138 Å². The number of nitrogens with zero attached hydrogens (tertiary/aromatic N) is 4. The van der Waals surface area contributed by atoms with Crippen LogP contribution in [0.3, 0.4) is 0 Å². The van der Waals surface area contributed by atoms with Gasteiger partial charge in [0.25, 0.3) is 5.91 Å². The minimum Gasteiger partial charge on any atom is -0.328 e. The Morgan fingerprint density at radius 2 is 2.22 bits per heavy atom. The largest absolute Gasteiger partial charge is 0.328 e. The first-order valence-corrected chi connectivity index (χ1v) is 8.77. The van der Waals surface area contributed by atoms with Crippen molar-refractivity contribution < 1.29 is 4.79 Å². The van der Waals surface area contributed by atoms with Gasteiger partial charge >= 0.3 is 0 Å². The van der Waals surface area contributed by atoms with E-state index in [1.807, 2.05) is 46.8 Å². The molecule has 0 bridgehead atoms. The summed E-state index contributed by atoms with van der Waals surface area (Å²) in [7, 11) is 0. The van der Waals surface area contributed by atoms with Crippen LogP contribution in [0.25, 0.3) is 5.65 Å². The maximum absolute atomic E-state index is 13.0. The molecule has 4 heterocycles. The van der Waals surface area contributed by atoms with Crippen LogP contribution in [-0.2, 0) is 0 Å². The van der Waals surface area contributed by atoms with Gasteiger partial charge in [-0.05, 0) is 38.3 Å². The lowest BCUT2D eigenvalue weighted by molar-refractivity contribution is 0.0605. The number of amides is 1. The maximum Gasteiger partial charge on any atom is 0.274 e. The van der Waals surface area contributed by atoms with Crippen molar-refractivity contribution in [2.24, 2.45) is 0 Å². The number of hydrogen-bond acceptors (Lipinski definition) is 4. The molecule has 1 unspecified atom stereocenters. The van der Waals surface area contributed by atoms with Crippen LogP contribution in [0, 0.1) is 6.92 Å². The van der Waals surface area contributed by atoms with Crippen molar-refractivity contribution in [2.75, 3.05) is 6.54 Å². The van der Waals surface area contributed by atoms with E-state index in [-0.39, 0.29) is 11.9 Å². The number of carbonyl (C=O) groups is 1. The molecule has 118 valence electrons. The molecule has 3 aromatic heterocycles. The van der Waals surface area contributed by atoms with Crippen molar-refractivity contribution in [3.05, 3.63) is 52.4 Å². The van der Waals surface area contributed by atoms with E-state index in [2.05, 4.69) is 15.3 Å². The van der Waals surface area contributed by atoms with E-state index >= 15 is 0 Å². The lowest BCUT2D eigenvalue weighted by Gasteiger charge is -2.34.